The lowest BCUT2D eigenvalue weighted by Gasteiger charge is -2.17. The Morgan fingerprint density at radius 3 is 2.58 bits per heavy atom. The van der Waals surface area contributed by atoms with Gasteiger partial charge in [-0.05, 0) is 37.6 Å². The van der Waals surface area contributed by atoms with Crippen molar-refractivity contribution >= 4 is 40.6 Å². The van der Waals surface area contributed by atoms with Crippen LogP contribution in [0.15, 0.2) is 36.4 Å². The first-order valence-electron chi connectivity index (χ1n) is 7.06. The summed E-state index contributed by atoms with van der Waals surface area (Å²) in [6.07, 6.45) is 0. The van der Waals surface area contributed by atoms with Crippen molar-refractivity contribution in [1.82, 2.24) is 5.32 Å². The fourth-order valence-electron chi connectivity index (χ4n) is 2.24. The van der Waals surface area contributed by atoms with Gasteiger partial charge in [0.15, 0.2) is 0 Å². The predicted octanol–water partition coefficient (Wildman–Crippen LogP) is 5.09. The molecule has 0 heterocycles. The number of nitro benzene ring substituents is 1. The van der Waals surface area contributed by atoms with Crippen molar-refractivity contribution in [2.24, 2.45) is 0 Å². The normalized spacial score (nSPS) is 11.7. The van der Waals surface area contributed by atoms with Crippen LogP contribution in [-0.4, -0.2) is 11.0 Å². The minimum Gasteiger partial charge on any atom is -0.331 e. The van der Waals surface area contributed by atoms with Crippen LogP contribution < -0.4 is 10.6 Å². The summed E-state index contributed by atoms with van der Waals surface area (Å²) >= 11 is 12.0. The highest BCUT2D eigenvalue weighted by atomic mass is 35.5. The van der Waals surface area contributed by atoms with Gasteiger partial charge >= 0.3 is 6.03 Å². The number of rotatable bonds is 4. The molecule has 2 N–H and O–H groups in total. The molecule has 2 amide bonds. The van der Waals surface area contributed by atoms with Crippen molar-refractivity contribution < 1.29 is 9.72 Å². The van der Waals surface area contributed by atoms with Crippen LogP contribution in [0.5, 0.6) is 0 Å². The molecular formula is C16H15Cl2N3O3. The monoisotopic (exact) mass is 367 g/mol. The maximum absolute atomic E-state index is 12.1. The molecule has 1 unspecified atom stereocenters. The smallest absolute Gasteiger partial charge is 0.319 e. The molecule has 2 aromatic rings. The van der Waals surface area contributed by atoms with Crippen LogP contribution in [0.2, 0.25) is 10.0 Å². The zero-order valence-corrected chi connectivity index (χ0v) is 14.5. The van der Waals surface area contributed by atoms with E-state index in [4.69, 9.17) is 23.2 Å². The second kappa shape index (κ2) is 7.51. The number of carbonyl (C=O) groups is 1. The average molecular weight is 368 g/mol. The third-order valence-electron chi connectivity index (χ3n) is 3.53. The number of carbonyl (C=O) groups excluding carboxylic acids is 1. The summed E-state index contributed by atoms with van der Waals surface area (Å²) in [6, 6.07) is 8.65. The van der Waals surface area contributed by atoms with Gasteiger partial charge in [0.05, 0.1) is 22.2 Å². The lowest BCUT2D eigenvalue weighted by molar-refractivity contribution is -0.385. The summed E-state index contributed by atoms with van der Waals surface area (Å²) in [6.45, 7) is 3.35. The van der Waals surface area contributed by atoms with Crippen LogP contribution in [0.3, 0.4) is 0 Å². The van der Waals surface area contributed by atoms with E-state index in [1.165, 1.54) is 12.1 Å². The van der Waals surface area contributed by atoms with Gasteiger partial charge in [0.25, 0.3) is 5.69 Å². The van der Waals surface area contributed by atoms with Gasteiger partial charge in [-0.3, -0.25) is 10.1 Å². The van der Waals surface area contributed by atoms with Gasteiger partial charge in [-0.2, -0.15) is 0 Å². The second-order valence-electron chi connectivity index (χ2n) is 5.19. The Balaban J connectivity index is 2.11. The van der Waals surface area contributed by atoms with E-state index in [0.29, 0.717) is 26.9 Å². The topological polar surface area (TPSA) is 84.3 Å². The van der Waals surface area contributed by atoms with Crippen molar-refractivity contribution in [3.05, 3.63) is 67.7 Å². The Bertz CT molecular complexity index is 796. The van der Waals surface area contributed by atoms with Crippen LogP contribution >= 0.6 is 23.2 Å². The van der Waals surface area contributed by atoms with Gasteiger partial charge < -0.3 is 10.6 Å². The molecule has 24 heavy (non-hydrogen) atoms. The SMILES string of the molecule is Cc1c(NC(=O)NC(C)c2ccc(Cl)cc2Cl)cccc1[N+](=O)[O-]. The standard InChI is InChI=1S/C16H15Cl2N3O3/c1-9-14(4-3-5-15(9)21(23)24)20-16(22)19-10(2)12-7-6-11(17)8-13(12)18/h3-8,10H,1-2H3,(H2,19,20,22). The van der Waals surface area contributed by atoms with E-state index >= 15 is 0 Å². The number of benzene rings is 2. The van der Waals surface area contributed by atoms with E-state index < -0.39 is 11.0 Å². The number of hydrogen-bond acceptors (Lipinski definition) is 3. The number of nitro groups is 1. The number of nitrogens with zero attached hydrogens (tertiary/aromatic N) is 1. The largest absolute Gasteiger partial charge is 0.331 e. The molecule has 0 aliphatic rings. The van der Waals surface area contributed by atoms with E-state index in [9.17, 15) is 14.9 Å². The number of nitrogens with one attached hydrogen (secondary N) is 2. The van der Waals surface area contributed by atoms with Crippen molar-refractivity contribution in [2.75, 3.05) is 5.32 Å². The fourth-order valence-corrected chi connectivity index (χ4v) is 2.81. The summed E-state index contributed by atoms with van der Waals surface area (Å²) in [7, 11) is 0. The number of halogens is 2. The zero-order valence-electron chi connectivity index (χ0n) is 13.0. The third kappa shape index (κ3) is 4.15. The van der Waals surface area contributed by atoms with E-state index in [-0.39, 0.29) is 11.7 Å². The molecule has 0 radical (unpaired) electrons. The van der Waals surface area contributed by atoms with E-state index in [1.54, 1.807) is 38.1 Å². The zero-order chi connectivity index (χ0) is 17.9. The first-order chi connectivity index (χ1) is 11.3. The van der Waals surface area contributed by atoms with Gasteiger partial charge in [0.2, 0.25) is 0 Å². The van der Waals surface area contributed by atoms with Crippen molar-refractivity contribution in [2.45, 2.75) is 19.9 Å². The summed E-state index contributed by atoms with van der Waals surface area (Å²) in [5, 5.41) is 17.2. The summed E-state index contributed by atoms with van der Waals surface area (Å²) in [5.74, 6) is 0. The summed E-state index contributed by atoms with van der Waals surface area (Å²) < 4.78 is 0. The van der Waals surface area contributed by atoms with Gasteiger partial charge in [-0.15, -0.1) is 0 Å². The van der Waals surface area contributed by atoms with E-state index in [2.05, 4.69) is 10.6 Å². The highest BCUT2D eigenvalue weighted by Crippen LogP contribution is 2.27. The highest BCUT2D eigenvalue weighted by Gasteiger charge is 2.17. The first kappa shape index (κ1) is 18.0. The molecule has 0 saturated carbocycles. The molecule has 126 valence electrons. The molecule has 0 fully saturated rings. The first-order valence-corrected chi connectivity index (χ1v) is 7.81. The minimum atomic E-state index is -0.492. The number of urea groups is 1. The molecule has 2 aromatic carbocycles. The maximum atomic E-state index is 12.1. The Kier molecular flexibility index (Phi) is 5.64. The molecule has 0 aliphatic heterocycles. The number of amides is 2. The third-order valence-corrected chi connectivity index (χ3v) is 4.09. The summed E-state index contributed by atoms with van der Waals surface area (Å²) in [5.41, 5.74) is 1.42. The van der Waals surface area contributed by atoms with Crippen LogP contribution in [0.1, 0.15) is 24.1 Å². The van der Waals surface area contributed by atoms with Gasteiger partial charge in [0, 0.05) is 16.1 Å². The van der Waals surface area contributed by atoms with Crippen molar-refractivity contribution in [3.8, 4) is 0 Å². The molecule has 0 saturated heterocycles. The molecule has 2 rings (SSSR count). The van der Waals surface area contributed by atoms with Gasteiger partial charge in [-0.1, -0.05) is 35.3 Å². The molecule has 8 heteroatoms. The molecule has 0 aliphatic carbocycles. The number of hydrogen-bond donors (Lipinski definition) is 2. The predicted molar refractivity (Wildman–Crippen MR) is 94.9 cm³/mol. The molecular weight excluding hydrogens is 353 g/mol. The Morgan fingerprint density at radius 2 is 1.96 bits per heavy atom. The molecule has 0 bridgehead atoms. The Labute approximate surface area is 148 Å². The maximum Gasteiger partial charge on any atom is 0.319 e. The second-order valence-corrected chi connectivity index (χ2v) is 6.04. The lowest BCUT2D eigenvalue weighted by Crippen LogP contribution is -2.31. The quantitative estimate of drug-likeness (QED) is 0.582. The lowest BCUT2D eigenvalue weighted by atomic mass is 10.1. The fraction of sp³-hybridized carbons (Fsp3) is 0.188. The van der Waals surface area contributed by atoms with Gasteiger partial charge in [-0.25, -0.2) is 4.79 Å². The van der Waals surface area contributed by atoms with Gasteiger partial charge in [0.1, 0.15) is 0 Å². The molecule has 0 aromatic heterocycles. The van der Waals surface area contributed by atoms with Crippen molar-refractivity contribution in [1.29, 1.82) is 0 Å². The van der Waals surface area contributed by atoms with E-state index in [1.807, 2.05) is 0 Å². The molecule has 0 spiro atoms. The van der Waals surface area contributed by atoms with Crippen LogP contribution in [-0.2, 0) is 0 Å². The Hall–Kier alpha value is -2.31. The average Bonchev–Trinajstić information content (AvgIpc) is 2.48. The molecule has 6 nitrogen and oxygen atoms in total. The van der Waals surface area contributed by atoms with Crippen LogP contribution in [0.25, 0.3) is 0 Å². The minimum absolute atomic E-state index is 0.0541. The molecule has 1 atom stereocenters. The number of anilines is 1. The summed E-state index contributed by atoms with van der Waals surface area (Å²) in [4.78, 5) is 22.6. The van der Waals surface area contributed by atoms with E-state index in [0.717, 1.165) is 0 Å². The van der Waals surface area contributed by atoms with Crippen LogP contribution in [0.4, 0.5) is 16.2 Å². The van der Waals surface area contributed by atoms with Crippen molar-refractivity contribution in [3.63, 3.8) is 0 Å². The highest BCUT2D eigenvalue weighted by molar-refractivity contribution is 6.35. The Morgan fingerprint density at radius 1 is 1.25 bits per heavy atom. The van der Waals surface area contributed by atoms with Crippen LogP contribution in [0, 0.1) is 17.0 Å².